The van der Waals surface area contributed by atoms with Gasteiger partial charge in [0.1, 0.15) is 23.7 Å². The smallest absolute Gasteiger partial charge is 0.251 e. The van der Waals surface area contributed by atoms with Crippen molar-refractivity contribution >= 4 is 29.7 Å². The highest BCUT2D eigenvalue weighted by Gasteiger charge is 2.30. The van der Waals surface area contributed by atoms with Gasteiger partial charge in [0.25, 0.3) is 11.8 Å². The topological polar surface area (TPSA) is 115 Å². The van der Waals surface area contributed by atoms with Crippen molar-refractivity contribution in [2.24, 2.45) is 0 Å². The number of nitrogens with one attached hydrogen (secondary N) is 3. The fraction of sp³-hybridized carbons (Fsp3) is 0.286. The number of ketones is 1. The minimum atomic E-state index is -0.743. The molecular formula is C35H36FN3O6. The third-order valence-electron chi connectivity index (χ3n) is 7.79. The zero-order valence-electron chi connectivity index (χ0n) is 25.1. The Labute approximate surface area is 261 Å². The van der Waals surface area contributed by atoms with Crippen molar-refractivity contribution in [3.8, 4) is 5.75 Å². The van der Waals surface area contributed by atoms with Crippen LogP contribution in [0.4, 0.5) is 4.39 Å². The van der Waals surface area contributed by atoms with Gasteiger partial charge >= 0.3 is 0 Å². The highest BCUT2D eigenvalue weighted by atomic mass is 19.1. The lowest BCUT2D eigenvalue weighted by Gasteiger charge is -2.21. The van der Waals surface area contributed by atoms with Crippen LogP contribution in [0.5, 0.6) is 5.75 Å². The third-order valence-corrected chi connectivity index (χ3v) is 7.79. The van der Waals surface area contributed by atoms with Gasteiger partial charge < -0.3 is 30.2 Å². The Morgan fingerprint density at radius 1 is 0.911 bits per heavy atom. The molecule has 3 N–H and O–H groups in total. The molecule has 2 atom stereocenters. The van der Waals surface area contributed by atoms with Crippen molar-refractivity contribution in [2.45, 2.75) is 18.5 Å². The van der Waals surface area contributed by atoms with Gasteiger partial charge in [0.15, 0.2) is 5.78 Å². The van der Waals surface area contributed by atoms with E-state index in [1.165, 1.54) is 42.5 Å². The summed E-state index contributed by atoms with van der Waals surface area (Å²) in [4.78, 5) is 39.6. The summed E-state index contributed by atoms with van der Waals surface area (Å²) in [5.41, 5.74) is 3.26. The van der Waals surface area contributed by atoms with Crippen molar-refractivity contribution < 1.29 is 33.0 Å². The summed E-state index contributed by atoms with van der Waals surface area (Å²) < 4.78 is 31.4. The molecule has 1 saturated heterocycles. The molecule has 1 aliphatic heterocycles. The summed E-state index contributed by atoms with van der Waals surface area (Å²) in [7, 11) is 1.57. The Hall–Kier alpha value is -4.64. The maximum Gasteiger partial charge on any atom is 0.251 e. The molecule has 2 aliphatic rings. The van der Waals surface area contributed by atoms with Crippen LogP contribution in [0.15, 0.2) is 67.3 Å². The number of carbonyl (C=O) groups excluding carboxylic acids is 3. The predicted octanol–water partition coefficient (Wildman–Crippen LogP) is 3.81. The maximum atomic E-state index is 15.4. The Kier molecular flexibility index (Phi) is 10.5. The Balaban J connectivity index is 1.22. The molecule has 1 heterocycles. The van der Waals surface area contributed by atoms with Crippen LogP contribution in [0.25, 0.3) is 12.2 Å². The van der Waals surface area contributed by atoms with Crippen molar-refractivity contribution in [3.05, 3.63) is 112 Å². The van der Waals surface area contributed by atoms with E-state index in [-0.39, 0.29) is 59.6 Å². The SMILES string of the molecule is C=Cc1ccc(OCCOCCOC)c(C(=O)c2ccc(C(=O)N[C@@H]3CNC[C@@H]3NC(=O)c3ccc4c(c3)CC=C4)cc2)c1F. The molecule has 5 rings (SSSR count). The van der Waals surface area contributed by atoms with Gasteiger partial charge in [-0.25, -0.2) is 4.39 Å². The minimum Gasteiger partial charge on any atom is -0.490 e. The number of hydrogen-bond acceptors (Lipinski definition) is 7. The van der Waals surface area contributed by atoms with Gasteiger partial charge in [-0.05, 0) is 53.9 Å². The number of rotatable bonds is 14. The van der Waals surface area contributed by atoms with Crippen LogP contribution in [-0.2, 0) is 15.9 Å². The van der Waals surface area contributed by atoms with Crippen LogP contribution in [0.1, 0.15) is 53.3 Å². The van der Waals surface area contributed by atoms with E-state index in [1.807, 2.05) is 18.2 Å². The van der Waals surface area contributed by atoms with Crippen LogP contribution < -0.4 is 20.7 Å². The fourth-order valence-electron chi connectivity index (χ4n) is 5.32. The van der Waals surface area contributed by atoms with Gasteiger partial charge in [0.05, 0.1) is 31.9 Å². The first-order chi connectivity index (χ1) is 21.9. The van der Waals surface area contributed by atoms with Gasteiger partial charge in [-0.2, -0.15) is 0 Å². The fourth-order valence-corrected chi connectivity index (χ4v) is 5.32. The van der Waals surface area contributed by atoms with Crippen molar-refractivity contribution in [2.75, 3.05) is 46.6 Å². The lowest BCUT2D eigenvalue weighted by Crippen LogP contribution is -2.51. The second-order valence-electron chi connectivity index (χ2n) is 10.7. The van der Waals surface area contributed by atoms with Crippen LogP contribution in [0.2, 0.25) is 0 Å². The molecule has 0 saturated carbocycles. The summed E-state index contributed by atoms with van der Waals surface area (Å²) in [6.45, 7) is 5.78. The molecule has 9 nitrogen and oxygen atoms in total. The van der Waals surface area contributed by atoms with Crippen LogP contribution in [0, 0.1) is 5.82 Å². The van der Waals surface area contributed by atoms with Crippen LogP contribution in [-0.4, -0.2) is 76.3 Å². The lowest BCUT2D eigenvalue weighted by atomic mass is 9.98. The standard InChI is InChI=1S/C35H36FN3O6/c1-3-22-13-14-30(45-18-17-44-16-15-43-2)31(32(22)36)33(40)24-8-10-25(11-9-24)34(41)38-28-20-37-21-29(28)39-35(42)27-12-7-23-5-4-6-26(23)19-27/h3-5,7-14,19,28-29,37H,1,6,15-18,20-21H2,2H3,(H,38,41)(H,39,42)/t28-,29+/m1/s1. The Bertz CT molecular complexity index is 1600. The Morgan fingerprint density at radius 3 is 2.29 bits per heavy atom. The van der Waals surface area contributed by atoms with Gasteiger partial charge in [-0.1, -0.05) is 43.0 Å². The van der Waals surface area contributed by atoms with E-state index in [0.29, 0.717) is 37.4 Å². The molecule has 1 aliphatic carbocycles. The monoisotopic (exact) mass is 613 g/mol. The molecule has 0 bridgehead atoms. The average molecular weight is 614 g/mol. The normalized spacial score (nSPS) is 16.7. The van der Waals surface area contributed by atoms with Gasteiger partial charge in [0, 0.05) is 42.5 Å². The van der Waals surface area contributed by atoms with Crippen LogP contribution in [0.3, 0.4) is 0 Å². The van der Waals surface area contributed by atoms with Gasteiger partial charge in [-0.15, -0.1) is 0 Å². The van der Waals surface area contributed by atoms with Crippen LogP contribution >= 0.6 is 0 Å². The first-order valence-electron chi connectivity index (χ1n) is 14.8. The van der Waals surface area contributed by atoms with Crippen molar-refractivity contribution in [3.63, 3.8) is 0 Å². The number of halogens is 1. The molecule has 45 heavy (non-hydrogen) atoms. The van der Waals surface area contributed by atoms with Crippen molar-refractivity contribution in [1.82, 2.24) is 16.0 Å². The number of benzene rings is 3. The molecule has 3 aromatic carbocycles. The number of hydrogen-bond donors (Lipinski definition) is 3. The quantitative estimate of drug-likeness (QED) is 0.187. The molecule has 2 amide bonds. The highest BCUT2D eigenvalue weighted by molar-refractivity contribution is 6.11. The predicted molar refractivity (Wildman–Crippen MR) is 169 cm³/mol. The highest BCUT2D eigenvalue weighted by Crippen LogP contribution is 2.28. The molecule has 234 valence electrons. The number of allylic oxidation sites excluding steroid dienone is 1. The largest absolute Gasteiger partial charge is 0.490 e. The number of methoxy groups -OCH3 is 1. The average Bonchev–Trinajstić information content (AvgIpc) is 3.71. The van der Waals surface area contributed by atoms with E-state index in [2.05, 4.69) is 28.6 Å². The van der Waals surface area contributed by atoms with E-state index in [9.17, 15) is 14.4 Å². The maximum absolute atomic E-state index is 15.4. The summed E-state index contributed by atoms with van der Waals surface area (Å²) in [5.74, 6) is -1.81. The van der Waals surface area contributed by atoms with Gasteiger partial charge in [0.2, 0.25) is 0 Å². The zero-order chi connectivity index (χ0) is 31.8. The minimum absolute atomic E-state index is 0.0821. The third kappa shape index (κ3) is 7.54. The summed E-state index contributed by atoms with van der Waals surface area (Å²) in [5, 5.41) is 9.23. The molecule has 10 heteroatoms. The van der Waals surface area contributed by atoms with Gasteiger partial charge in [-0.3, -0.25) is 14.4 Å². The van der Waals surface area contributed by atoms with E-state index in [4.69, 9.17) is 14.2 Å². The molecular weight excluding hydrogens is 577 g/mol. The summed E-state index contributed by atoms with van der Waals surface area (Å²) >= 11 is 0. The van der Waals surface area contributed by atoms with E-state index in [1.54, 1.807) is 13.2 Å². The van der Waals surface area contributed by atoms with E-state index < -0.39 is 11.6 Å². The number of fused-ring (bicyclic) bond motifs is 1. The summed E-state index contributed by atoms with van der Waals surface area (Å²) in [6.07, 6.45) is 6.24. The first kappa shape index (κ1) is 31.8. The zero-order valence-corrected chi connectivity index (χ0v) is 25.1. The first-order valence-corrected chi connectivity index (χ1v) is 14.8. The summed E-state index contributed by atoms with van der Waals surface area (Å²) in [6, 6.07) is 14.0. The number of amides is 2. The second-order valence-corrected chi connectivity index (χ2v) is 10.7. The molecule has 1 fully saturated rings. The molecule has 3 aromatic rings. The van der Waals surface area contributed by atoms with Crippen molar-refractivity contribution in [1.29, 1.82) is 0 Å². The molecule has 0 radical (unpaired) electrons. The molecule has 0 aromatic heterocycles. The lowest BCUT2D eigenvalue weighted by molar-refractivity contribution is 0.0541. The number of ether oxygens (including phenoxy) is 3. The second kappa shape index (κ2) is 14.9. The Morgan fingerprint density at radius 2 is 1.58 bits per heavy atom. The van der Waals surface area contributed by atoms with E-state index >= 15 is 4.39 Å². The van der Waals surface area contributed by atoms with E-state index in [0.717, 1.165) is 17.5 Å². The number of carbonyl (C=O) groups is 3. The molecule has 0 unspecified atom stereocenters. The molecule has 0 spiro atoms.